The van der Waals surface area contributed by atoms with E-state index in [9.17, 15) is 4.79 Å². The Kier molecular flexibility index (Phi) is 10.8. The first-order valence-corrected chi connectivity index (χ1v) is 10.0. The van der Waals surface area contributed by atoms with Crippen LogP contribution in [0.5, 0.6) is 0 Å². The lowest BCUT2D eigenvalue weighted by Gasteiger charge is -2.48. The molecular formula is C21H35Cl2N3O2. The van der Waals surface area contributed by atoms with Crippen LogP contribution in [0.1, 0.15) is 43.2 Å². The molecule has 5 nitrogen and oxygen atoms in total. The zero-order valence-corrected chi connectivity index (χ0v) is 18.3. The summed E-state index contributed by atoms with van der Waals surface area (Å²) in [5.74, 6) is 0.260. The zero-order chi connectivity index (χ0) is 18.4. The van der Waals surface area contributed by atoms with Gasteiger partial charge in [0.1, 0.15) is 0 Å². The van der Waals surface area contributed by atoms with E-state index in [0.717, 1.165) is 39.0 Å². The first-order chi connectivity index (χ1) is 12.6. The van der Waals surface area contributed by atoms with Gasteiger partial charge in [0.25, 0.3) is 0 Å². The average molecular weight is 432 g/mol. The van der Waals surface area contributed by atoms with E-state index in [1.165, 1.54) is 24.0 Å². The first-order valence-electron chi connectivity index (χ1n) is 10.0. The van der Waals surface area contributed by atoms with Crippen molar-refractivity contribution in [3.63, 3.8) is 0 Å². The molecule has 7 heteroatoms. The Bertz CT molecular complexity index is 617. The Morgan fingerprint density at radius 1 is 1.14 bits per heavy atom. The molecule has 0 aliphatic carbocycles. The minimum Gasteiger partial charge on any atom is -0.396 e. The maximum absolute atomic E-state index is 12.2. The Hall–Kier alpha value is -0.850. The highest BCUT2D eigenvalue weighted by Crippen LogP contribution is 2.39. The number of nitrogens with zero attached hydrogens (tertiary/aromatic N) is 2. The van der Waals surface area contributed by atoms with Crippen LogP contribution in [-0.4, -0.2) is 60.1 Å². The summed E-state index contributed by atoms with van der Waals surface area (Å²) in [6, 6.07) is 8.78. The molecule has 3 N–H and O–H groups in total. The lowest BCUT2D eigenvalue weighted by Crippen LogP contribution is -2.54. The van der Waals surface area contributed by atoms with Gasteiger partial charge in [0.05, 0.1) is 0 Å². The van der Waals surface area contributed by atoms with Gasteiger partial charge < -0.3 is 15.7 Å². The van der Waals surface area contributed by atoms with Crippen molar-refractivity contribution in [1.29, 1.82) is 0 Å². The van der Waals surface area contributed by atoms with E-state index >= 15 is 0 Å². The molecule has 1 aromatic carbocycles. The summed E-state index contributed by atoms with van der Waals surface area (Å²) in [6.07, 6.45) is 5.68. The van der Waals surface area contributed by atoms with E-state index in [-0.39, 0.29) is 42.7 Å². The van der Waals surface area contributed by atoms with Crippen molar-refractivity contribution < 1.29 is 9.90 Å². The SMILES string of the molecule is Cl.Cl.NCCc1cccc(CN2CCCC3(CCC(=O)N(CCCO)C3)C2)c1. The maximum atomic E-state index is 12.2. The van der Waals surface area contributed by atoms with Gasteiger partial charge in [-0.15, -0.1) is 24.8 Å². The summed E-state index contributed by atoms with van der Waals surface area (Å²) in [4.78, 5) is 16.8. The van der Waals surface area contributed by atoms with Gasteiger partial charge in [-0.25, -0.2) is 0 Å². The summed E-state index contributed by atoms with van der Waals surface area (Å²) >= 11 is 0. The van der Waals surface area contributed by atoms with E-state index in [4.69, 9.17) is 10.8 Å². The number of amides is 1. The van der Waals surface area contributed by atoms with Gasteiger partial charge in [-0.05, 0) is 56.3 Å². The summed E-state index contributed by atoms with van der Waals surface area (Å²) in [5.41, 5.74) is 8.59. The highest BCUT2D eigenvalue weighted by Gasteiger charge is 2.41. The van der Waals surface area contributed by atoms with E-state index in [0.29, 0.717) is 25.9 Å². The summed E-state index contributed by atoms with van der Waals surface area (Å²) in [7, 11) is 0. The average Bonchev–Trinajstić information content (AvgIpc) is 2.64. The molecule has 1 amide bonds. The van der Waals surface area contributed by atoms with Crippen molar-refractivity contribution in [2.24, 2.45) is 11.1 Å². The second-order valence-electron chi connectivity index (χ2n) is 8.07. The fourth-order valence-corrected chi connectivity index (χ4v) is 4.65. The van der Waals surface area contributed by atoms with Crippen molar-refractivity contribution in [3.05, 3.63) is 35.4 Å². The number of benzene rings is 1. The second-order valence-corrected chi connectivity index (χ2v) is 8.07. The summed E-state index contributed by atoms with van der Waals surface area (Å²) in [6.45, 7) is 5.57. The molecule has 1 atom stereocenters. The van der Waals surface area contributed by atoms with E-state index in [1.807, 2.05) is 4.90 Å². The van der Waals surface area contributed by atoms with Crippen molar-refractivity contribution >= 4 is 30.7 Å². The van der Waals surface area contributed by atoms with Crippen LogP contribution in [0, 0.1) is 5.41 Å². The number of carbonyl (C=O) groups excluding carboxylic acids is 1. The van der Waals surface area contributed by atoms with Crippen LogP contribution in [0.3, 0.4) is 0 Å². The minimum absolute atomic E-state index is 0. The lowest BCUT2D eigenvalue weighted by atomic mass is 9.73. The Morgan fingerprint density at radius 2 is 1.93 bits per heavy atom. The molecule has 1 spiro atoms. The standard InChI is InChI=1S/C21H33N3O2.2ClH/c22-10-7-18-4-1-5-19(14-18)15-23-11-2-8-21(16-23)9-6-20(26)24(17-21)12-3-13-25;;/h1,4-5,14,25H,2-3,6-13,15-17,22H2;2*1H. The molecule has 2 aliphatic rings. The van der Waals surface area contributed by atoms with Gasteiger partial charge in [0, 0.05) is 44.6 Å². The van der Waals surface area contributed by atoms with Crippen LogP contribution in [0.2, 0.25) is 0 Å². The van der Waals surface area contributed by atoms with Gasteiger partial charge in [-0.2, -0.15) is 0 Å². The van der Waals surface area contributed by atoms with Gasteiger partial charge in [0.15, 0.2) is 0 Å². The van der Waals surface area contributed by atoms with Gasteiger partial charge in [-0.1, -0.05) is 24.3 Å². The van der Waals surface area contributed by atoms with Crippen LogP contribution in [0.4, 0.5) is 0 Å². The van der Waals surface area contributed by atoms with Crippen molar-refractivity contribution in [2.75, 3.05) is 39.3 Å². The van der Waals surface area contributed by atoms with Crippen molar-refractivity contribution in [3.8, 4) is 0 Å². The van der Waals surface area contributed by atoms with Crippen LogP contribution in [0.15, 0.2) is 24.3 Å². The highest BCUT2D eigenvalue weighted by molar-refractivity contribution is 5.85. The number of rotatable bonds is 7. The smallest absolute Gasteiger partial charge is 0.222 e. The molecule has 160 valence electrons. The number of piperidine rings is 2. The van der Waals surface area contributed by atoms with Crippen LogP contribution in [0.25, 0.3) is 0 Å². The quantitative estimate of drug-likeness (QED) is 0.695. The topological polar surface area (TPSA) is 69.8 Å². The summed E-state index contributed by atoms with van der Waals surface area (Å²) in [5, 5.41) is 9.10. The number of nitrogens with two attached hydrogens (primary N) is 1. The number of halogens is 2. The monoisotopic (exact) mass is 431 g/mol. The molecule has 1 aromatic rings. The Morgan fingerprint density at radius 3 is 2.68 bits per heavy atom. The normalized spacial score (nSPS) is 22.6. The molecule has 3 rings (SSSR count). The second kappa shape index (κ2) is 12.0. The number of hydrogen-bond donors (Lipinski definition) is 2. The number of hydrogen-bond acceptors (Lipinski definition) is 4. The largest absolute Gasteiger partial charge is 0.396 e. The van der Waals surface area contributed by atoms with Gasteiger partial charge >= 0.3 is 0 Å². The van der Waals surface area contributed by atoms with E-state index in [2.05, 4.69) is 29.2 Å². The van der Waals surface area contributed by atoms with Crippen molar-refractivity contribution in [2.45, 2.75) is 45.1 Å². The molecule has 2 aliphatic heterocycles. The predicted molar refractivity (Wildman–Crippen MR) is 118 cm³/mol. The molecule has 2 fully saturated rings. The fourth-order valence-electron chi connectivity index (χ4n) is 4.65. The minimum atomic E-state index is 0. The zero-order valence-electron chi connectivity index (χ0n) is 16.6. The number of likely N-dealkylation sites (tertiary alicyclic amines) is 2. The molecule has 1 unspecified atom stereocenters. The maximum Gasteiger partial charge on any atom is 0.222 e. The van der Waals surface area contributed by atoms with E-state index < -0.39 is 0 Å². The van der Waals surface area contributed by atoms with E-state index in [1.54, 1.807) is 0 Å². The molecule has 28 heavy (non-hydrogen) atoms. The fraction of sp³-hybridized carbons (Fsp3) is 0.667. The highest BCUT2D eigenvalue weighted by atomic mass is 35.5. The van der Waals surface area contributed by atoms with Crippen molar-refractivity contribution in [1.82, 2.24) is 9.80 Å². The number of aliphatic hydroxyl groups is 1. The molecule has 0 aromatic heterocycles. The van der Waals surface area contributed by atoms with Gasteiger partial charge in [0.2, 0.25) is 5.91 Å². The third-order valence-electron chi connectivity index (χ3n) is 5.91. The molecule has 2 heterocycles. The van der Waals surface area contributed by atoms with Crippen LogP contribution < -0.4 is 5.73 Å². The Balaban J connectivity index is 0.00000196. The molecule has 0 bridgehead atoms. The molecular weight excluding hydrogens is 397 g/mol. The number of aliphatic hydroxyl groups excluding tert-OH is 1. The molecule has 2 saturated heterocycles. The third-order valence-corrected chi connectivity index (χ3v) is 5.91. The van der Waals surface area contributed by atoms with Crippen LogP contribution in [-0.2, 0) is 17.8 Å². The molecule has 0 radical (unpaired) electrons. The lowest BCUT2D eigenvalue weighted by molar-refractivity contribution is -0.139. The van der Waals surface area contributed by atoms with Crippen LogP contribution >= 0.6 is 24.8 Å². The number of carbonyl (C=O) groups is 1. The summed E-state index contributed by atoms with van der Waals surface area (Å²) < 4.78 is 0. The van der Waals surface area contributed by atoms with Gasteiger partial charge in [-0.3, -0.25) is 9.69 Å². The Labute approximate surface area is 181 Å². The third kappa shape index (κ3) is 6.60. The first kappa shape index (κ1) is 25.2. The molecule has 0 saturated carbocycles. The predicted octanol–water partition coefficient (Wildman–Crippen LogP) is 2.62.